The van der Waals surface area contributed by atoms with Crippen LogP contribution in [-0.4, -0.2) is 16.0 Å². The molecule has 4 aromatic rings. The summed E-state index contributed by atoms with van der Waals surface area (Å²) < 4.78 is 0. The third-order valence-corrected chi connectivity index (χ3v) is 6.04. The number of allylic oxidation sites excluding steroid dienone is 1. The van der Waals surface area contributed by atoms with Crippen LogP contribution in [0.3, 0.4) is 0 Å². The van der Waals surface area contributed by atoms with Crippen LogP contribution in [0.1, 0.15) is 11.6 Å². The van der Waals surface area contributed by atoms with Gasteiger partial charge in [0.05, 0.1) is 23.1 Å². The minimum atomic E-state index is 0.192. The van der Waals surface area contributed by atoms with E-state index in [1.54, 1.807) is 0 Å². The van der Waals surface area contributed by atoms with Crippen LogP contribution in [0.25, 0.3) is 11.3 Å². The molecular formula is C28H22N4. The van der Waals surface area contributed by atoms with Crippen LogP contribution in [0.15, 0.2) is 121 Å². The molecule has 2 aromatic carbocycles. The van der Waals surface area contributed by atoms with Crippen LogP contribution in [0.5, 0.6) is 0 Å². The molecule has 1 aliphatic heterocycles. The Morgan fingerprint density at radius 2 is 1.66 bits per heavy atom. The maximum Gasteiger partial charge on any atom is 0.0733 e. The van der Waals surface area contributed by atoms with Crippen LogP contribution in [0, 0.1) is 0 Å². The minimum Gasteiger partial charge on any atom is -0.356 e. The van der Waals surface area contributed by atoms with Gasteiger partial charge in [0.15, 0.2) is 0 Å². The molecule has 1 aliphatic carbocycles. The van der Waals surface area contributed by atoms with E-state index in [-0.39, 0.29) is 12.0 Å². The van der Waals surface area contributed by atoms with Gasteiger partial charge in [-0.3, -0.25) is 9.97 Å². The number of rotatable bonds is 4. The number of aromatic nitrogens is 2. The van der Waals surface area contributed by atoms with Crippen molar-refractivity contribution in [3.8, 4) is 11.3 Å². The van der Waals surface area contributed by atoms with Crippen molar-refractivity contribution in [3.63, 3.8) is 0 Å². The predicted octanol–water partition coefficient (Wildman–Crippen LogP) is 6.31. The van der Waals surface area contributed by atoms with E-state index in [4.69, 9.17) is 4.98 Å². The van der Waals surface area contributed by atoms with Crippen molar-refractivity contribution in [3.05, 3.63) is 127 Å². The Kier molecular flexibility index (Phi) is 4.54. The van der Waals surface area contributed by atoms with Gasteiger partial charge in [-0.15, -0.1) is 0 Å². The molecule has 0 amide bonds. The standard InChI is InChI=1S/C28H22N4/c1-2-10-23(11-3-1)32-26-15-14-22(19-24(26)28-27(32)13-7-17-30-28)31-21-9-6-8-20(18-21)25-12-4-5-16-29-25/h1-19,24,26,31H. The largest absolute Gasteiger partial charge is 0.356 e. The number of anilines is 3. The highest BCUT2D eigenvalue weighted by atomic mass is 15.2. The molecule has 0 saturated carbocycles. The van der Waals surface area contributed by atoms with Crippen molar-refractivity contribution in [1.29, 1.82) is 0 Å². The average Bonchev–Trinajstić information content (AvgIpc) is 3.19. The van der Waals surface area contributed by atoms with Crippen LogP contribution >= 0.6 is 0 Å². The van der Waals surface area contributed by atoms with E-state index < -0.39 is 0 Å². The van der Waals surface area contributed by atoms with Gasteiger partial charge in [-0.25, -0.2) is 0 Å². The number of hydrogen-bond acceptors (Lipinski definition) is 4. The first-order valence-corrected chi connectivity index (χ1v) is 10.8. The van der Waals surface area contributed by atoms with Crippen molar-refractivity contribution >= 4 is 17.1 Å². The lowest BCUT2D eigenvalue weighted by Gasteiger charge is -2.29. The van der Waals surface area contributed by atoms with Crippen molar-refractivity contribution in [1.82, 2.24) is 9.97 Å². The highest BCUT2D eigenvalue weighted by Crippen LogP contribution is 2.47. The van der Waals surface area contributed by atoms with Gasteiger partial charge in [-0.1, -0.05) is 42.5 Å². The van der Waals surface area contributed by atoms with Crippen LogP contribution < -0.4 is 10.2 Å². The van der Waals surface area contributed by atoms with Gasteiger partial charge >= 0.3 is 0 Å². The number of benzene rings is 2. The average molecular weight is 415 g/mol. The summed E-state index contributed by atoms with van der Waals surface area (Å²) in [6.45, 7) is 0. The third kappa shape index (κ3) is 3.26. The Balaban J connectivity index is 1.32. The summed E-state index contributed by atoms with van der Waals surface area (Å²) in [4.78, 5) is 11.6. The molecule has 0 spiro atoms. The molecule has 32 heavy (non-hydrogen) atoms. The molecule has 6 rings (SSSR count). The molecule has 4 nitrogen and oxygen atoms in total. The number of nitrogens with one attached hydrogen (secondary N) is 1. The normalized spacial score (nSPS) is 18.6. The fraction of sp³-hybridized carbons (Fsp3) is 0.0714. The molecule has 1 N–H and O–H groups in total. The van der Waals surface area contributed by atoms with Crippen molar-refractivity contribution in [2.24, 2.45) is 0 Å². The molecule has 2 aliphatic rings. The highest BCUT2D eigenvalue weighted by molar-refractivity contribution is 5.74. The molecule has 3 heterocycles. The molecule has 0 radical (unpaired) electrons. The summed E-state index contributed by atoms with van der Waals surface area (Å²) in [6, 6.07) is 29.3. The second-order valence-electron chi connectivity index (χ2n) is 8.03. The van der Waals surface area contributed by atoms with Crippen LogP contribution in [0.4, 0.5) is 17.1 Å². The van der Waals surface area contributed by atoms with E-state index in [1.807, 2.05) is 36.7 Å². The van der Waals surface area contributed by atoms with E-state index in [2.05, 4.69) is 94.1 Å². The van der Waals surface area contributed by atoms with E-state index in [9.17, 15) is 0 Å². The summed E-state index contributed by atoms with van der Waals surface area (Å²) >= 11 is 0. The van der Waals surface area contributed by atoms with Gasteiger partial charge in [0.1, 0.15) is 0 Å². The summed E-state index contributed by atoms with van der Waals surface area (Å²) in [5, 5.41) is 3.59. The highest BCUT2D eigenvalue weighted by Gasteiger charge is 2.39. The molecule has 0 saturated heterocycles. The van der Waals surface area contributed by atoms with Gasteiger partial charge in [-0.2, -0.15) is 0 Å². The zero-order valence-electron chi connectivity index (χ0n) is 17.5. The first kappa shape index (κ1) is 18.6. The Morgan fingerprint density at radius 1 is 0.781 bits per heavy atom. The first-order valence-electron chi connectivity index (χ1n) is 10.8. The van der Waals surface area contributed by atoms with Gasteiger partial charge in [0.2, 0.25) is 0 Å². The Labute approximate surface area is 187 Å². The Hall–Kier alpha value is -4.18. The number of hydrogen-bond donors (Lipinski definition) is 1. The second kappa shape index (κ2) is 7.82. The molecule has 154 valence electrons. The van der Waals surface area contributed by atoms with Gasteiger partial charge < -0.3 is 10.2 Å². The lowest BCUT2D eigenvalue weighted by molar-refractivity contribution is 0.727. The molecule has 2 aromatic heterocycles. The van der Waals surface area contributed by atoms with Gasteiger partial charge in [-0.05, 0) is 60.7 Å². The summed E-state index contributed by atoms with van der Waals surface area (Å²) in [6.07, 6.45) is 10.5. The SMILES string of the molecule is C1=CC2C(C=C1Nc1cccc(-c3ccccn3)c1)c1ncccc1N2c1ccccc1. The third-order valence-electron chi connectivity index (χ3n) is 6.04. The van der Waals surface area contributed by atoms with Crippen LogP contribution in [-0.2, 0) is 0 Å². The smallest absolute Gasteiger partial charge is 0.0733 e. The van der Waals surface area contributed by atoms with Crippen molar-refractivity contribution in [2.45, 2.75) is 12.0 Å². The lowest BCUT2D eigenvalue weighted by atomic mass is 9.93. The summed E-state index contributed by atoms with van der Waals surface area (Å²) in [7, 11) is 0. The van der Waals surface area contributed by atoms with E-state index in [1.165, 1.54) is 11.4 Å². The van der Waals surface area contributed by atoms with E-state index in [0.717, 1.165) is 28.3 Å². The fourth-order valence-corrected chi connectivity index (χ4v) is 4.63. The lowest BCUT2D eigenvalue weighted by Crippen LogP contribution is -2.29. The summed E-state index contributed by atoms with van der Waals surface area (Å²) in [5.41, 5.74) is 7.67. The van der Waals surface area contributed by atoms with Gasteiger partial charge in [0, 0.05) is 40.9 Å². The monoisotopic (exact) mass is 414 g/mol. The van der Waals surface area contributed by atoms with E-state index >= 15 is 0 Å². The van der Waals surface area contributed by atoms with Crippen molar-refractivity contribution in [2.75, 3.05) is 10.2 Å². The second-order valence-corrected chi connectivity index (χ2v) is 8.03. The zero-order valence-corrected chi connectivity index (χ0v) is 17.5. The minimum absolute atomic E-state index is 0.192. The Bertz CT molecular complexity index is 1310. The molecule has 0 fully saturated rings. The maximum absolute atomic E-state index is 4.76. The molecule has 4 heteroatoms. The number of para-hydroxylation sites is 1. The maximum atomic E-state index is 4.76. The number of nitrogens with zero attached hydrogens (tertiary/aromatic N) is 3. The molecule has 0 bridgehead atoms. The van der Waals surface area contributed by atoms with Gasteiger partial charge in [0.25, 0.3) is 0 Å². The molecule has 2 atom stereocenters. The molecule has 2 unspecified atom stereocenters. The first-order chi connectivity index (χ1) is 15.9. The quantitative estimate of drug-likeness (QED) is 0.425. The predicted molar refractivity (Wildman–Crippen MR) is 130 cm³/mol. The van der Waals surface area contributed by atoms with Crippen molar-refractivity contribution < 1.29 is 0 Å². The topological polar surface area (TPSA) is 41.1 Å². The van der Waals surface area contributed by atoms with E-state index in [0.29, 0.717) is 0 Å². The number of fused-ring (bicyclic) bond motifs is 3. The number of pyridine rings is 2. The Morgan fingerprint density at radius 3 is 2.53 bits per heavy atom. The fourth-order valence-electron chi connectivity index (χ4n) is 4.63. The summed E-state index contributed by atoms with van der Waals surface area (Å²) in [5.74, 6) is 0.192. The van der Waals surface area contributed by atoms with Crippen LogP contribution in [0.2, 0.25) is 0 Å². The molecular weight excluding hydrogens is 392 g/mol. The zero-order chi connectivity index (χ0) is 21.3.